The van der Waals surface area contributed by atoms with Crippen LogP contribution in [0.2, 0.25) is 5.02 Å². The van der Waals surface area contributed by atoms with Crippen molar-refractivity contribution in [3.05, 3.63) is 34.9 Å². The van der Waals surface area contributed by atoms with Gasteiger partial charge in [0.15, 0.2) is 5.78 Å². The molecular formula is C16H20ClNO3. The molecule has 4 nitrogen and oxygen atoms in total. The number of likely N-dealkylation sites (tertiary alicyclic amines) is 1. The Morgan fingerprint density at radius 3 is 2.76 bits per heavy atom. The Labute approximate surface area is 129 Å². The molecule has 5 heteroatoms. The number of carbonyl (C=O) groups is 2. The Hall–Kier alpha value is -1.39. The summed E-state index contributed by atoms with van der Waals surface area (Å²) < 4.78 is 0. The van der Waals surface area contributed by atoms with Crippen LogP contribution in [0.1, 0.15) is 36.0 Å². The zero-order valence-electron chi connectivity index (χ0n) is 11.9. The zero-order chi connectivity index (χ0) is 15.2. The van der Waals surface area contributed by atoms with Crippen molar-refractivity contribution in [2.45, 2.75) is 25.7 Å². The van der Waals surface area contributed by atoms with Gasteiger partial charge >= 0.3 is 0 Å². The highest BCUT2D eigenvalue weighted by Gasteiger charge is 2.23. The number of nitrogens with zero attached hydrogens (tertiary/aromatic N) is 1. The van der Waals surface area contributed by atoms with Gasteiger partial charge in [0.05, 0.1) is 5.02 Å². The second kappa shape index (κ2) is 7.57. The van der Waals surface area contributed by atoms with Gasteiger partial charge in [0.1, 0.15) is 0 Å². The Morgan fingerprint density at radius 1 is 1.29 bits per heavy atom. The summed E-state index contributed by atoms with van der Waals surface area (Å²) in [5.41, 5.74) is 0.471. The third kappa shape index (κ3) is 4.29. The molecule has 21 heavy (non-hydrogen) atoms. The monoisotopic (exact) mass is 309 g/mol. The third-order valence-corrected chi connectivity index (χ3v) is 4.20. The molecule has 1 heterocycles. The summed E-state index contributed by atoms with van der Waals surface area (Å²) >= 11 is 5.98. The van der Waals surface area contributed by atoms with Crippen LogP contribution in [0, 0.1) is 5.92 Å². The van der Waals surface area contributed by atoms with Gasteiger partial charge in [0.2, 0.25) is 5.91 Å². The Kier molecular flexibility index (Phi) is 5.76. The molecule has 1 aromatic carbocycles. The first kappa shape index (κ1) is 16.0. The maximum absolute atomic E-state index is 12.1. The minimum absolute atomic E-state index is 0.0199. The predicted octanol–water partition coefficient (Wildman–Crippen LogP) is 2.53. The summed E-state index contributed by atoms with van der Waals surface area (Å²) in [6.07, 6.45) is 2.24. The van der Waals surface area contributed by atoms with Crippen LogP contribution in [0.3, 0.4) is 0 Å². The van der Waals surface area contributed by atoms with E-state index in [1.165, 1.54) is 0 Å². The molecule has 1 fully saturated rings. The molecule has 114 valence electrons. The van der Waals surface area contributed by atoms with E-state index in [-0.39, 0.29) is 37.1 Å². The van der Waals surface area contributed by atoms with E-state index in [4.69, 9.17) is 11.6 Å². The topological polar surface area (TPSA) is 57.6 Å². The molecule has 1 aliphatic heterocycles. The van der Waals surface area contributed by atoms with Gasteiger partial charge in [0, 0.05) is 38.1 Å². The number of hydrogen-bond donors (Lipinski definition) is 1. The number of carbonyl (C=O) groups excluding carboxylic acids is 2. The van der Waals surface area contributed by atoms with Gasteiger partial charge in [-0.15, -0.1) is 0 Å². The molecule has 2 rings (SSSR count). The highest BCUT2D eigenvalue weighted by Crippen LogP contribution is 2.19. The van der Waals surface area contributed by atoms with Gasteiger partial charge in [0.25, 0.3) is 0 Å². The summed E-state index contributed by atoms with van der Waals surface area (Å²) in [7, 11) is 0. The number of benzene rings is 1. The van der Waals surface area contributed by atoms with Crippen LogP contribution in [-0.4, -0.2) is 41.4 Å². The Bertz CT molecular complexity index is 518. The fourth-order valence-corrected chi connectivity index (χ4v) is 2.88. The van der Waals surface area contributed by atoms with Crippen LogP contribution < -0.4 is 0 Å². The van der Waals surface area contributed by atoms with Gasteiger partial charge in [-0.2, -0.15) is 0 Å². The summed E-state index contributed by atoms with van der Waals surface area (Å²) in [5, 5.41) is 9.61. The lowest BCUT2D eigenvalue weighted by Gasteiger charge is -2.31. The molecule has 0 aromatic heterocycles. The Balaban J connectivity index is 1.86. The summed E-state index contributed by atoms with van der Waals surface area (Å²) in [6, 6.07) is 6.88. The van der Waals surface area contributed by atoms with Gasteiger partial charge in [-0.1, -0.05) is 23.7 Å². The van der Waals surface area contributed by atoms with Crippen LogP contribution in [-0.2, 0) is 4.79 Å². The van der Waals surface area contributed by atoms with Crippen LogP contribution in [0.15, 0.2) is 24.3 Å². The first-order valence-corrected chi connectivity index (χ1v) is 7.66. The molecule has 0 bridgehead atoms. The lowest BCUT2D eigenvalue weighted by molar-refractivity contribution is -0.133. The molecular weight excluding hydrogens is 290 g/mol. The second-order valence-corrected chi connectivity index (χ2v) is 5.84. The van der Waals surface area contributed by atoms with Gasteiger partial charge in [-0.25, -0.2) is 0 Å². The van der Waals surface area contributed by atoms with Crippen LogP contribution >= 0.6 is 11.6 Å². The van der Waals surface area contributed by atoms with E-state index < -0.39 is 0 Å². The molecule has 1 unspecified atom stereocenters. The largest absolute Gasteiger partial charge is 0.396 e. The zero-order valence-corrected chi connectivity index (χ0v) is 12.7. The fourth-order valence-electron chi connectivity index (χ4n) is 2.64. The van der Waals surface area contributed by atoms with E-state index in [2.05, 4.69) is 0 Å². The molecule has 1 aliphatic rings. The van der Waals surface area contributed by atoms with Crippen LogP contribution in [0.25, 0.3) is 0 Å². The minimum atomic E-state index is -0.107. The molecule has 1 amide bonds. The number of aliphatic hydroxyl groups excluding tert-OH is 1. The molecule has 0 spiro atoms. The van der Waals surface area contributed by atoms with E-state index in [9.17, 15) is 14.7 Å². The summed E-state index contributed by atoms with van der Waals surface area (Å²) in [6.45, 7) is 1.42. The lowest BCUT2D eigenvalue weighted by atomic mass is 9.98. The number of piperidine rings is 1. The highest BCUT2D eigenvalue weighted by atomic mass is 35.5. The molecule has 1 saturated heterocycles. The predicted molar refractivity (Wildman–Crippen MR) is 81.4 cm³/mol. The number of Topliss-reactive ketones (excluding diaryl/α,β-unsaturated/α-hetero) is 1. The maximum atomic E-state index is 12.1. The quantitative estimate of drug-likeness (QED) is 0.850. The van der Waals surface area contributed by atoms with Crippen molar-refractivity contribution in [2.75, 3.05) is 19.7 Å². The van der Waals surface area contributed by atoms with Gasteiger partial charge in [-0.05, 0) is 30.9 Å². The van der Waals surface area contributed by atoms with Crippen molar-refractivity contribution in [1.82, 2.24) is 4.90 Å². The number of amides is 1. The van der Waals surface area contributed by atoms with Crippen molar-refractivity contribution in [3.8, 4) is 0 Å². The molecule has 1 N–H and O–H groups in total. The number of rotatable bonds is 5. The van der Waals surface area contributed by atoms with Crippen molar-refractivity contribution in [3.63, 3.8) is 0 Å². The van der Waals surface area contributed by atoms with Crippen LogP contribution in [0.4, 0.5) is 0 Å². The van der Waals surface area contributed by atoms with E-state index >= 15 is 0 Å². The minimum Gasteiger partial charge on any atom is -0.396 e. The molecule has 0 aliphatic carbocycles. The number of hydrogen-bond acceptors (Lipinski definition) is 3. The average molecular weight is 310 g/mol. The lowest BCUT2D eigenvalue weighted by Crippen LogP contribution is -2.41. The summed E-state index contributed by atoms with van der Waals surface area (Å²) in [4.78, 5) is 26.0. The third-order valence-electron chi connectivity index (χ3n) is 3.87. The first-order chi connectivity index (χ1) is 10.1. The smallest absolute Gasteiger partial charge is 0.223 e. The van der Waals surface area contributed by atoms with E-state index in [1.54, 1.807) is 29.2 Å². The van der Waals surface area contributed by atoms with E-state index in [0.29, 0.717) is 17.1 Å². The number of halogens is 1. The first-order valence-electron chi connectivity index (χ1n) is 7.28. The Morgan fingerprint density at radius 2 is 2.05 bits per heavy atom. The van der Waals surface area contributed by atoms with Gasteiger partial charge in [-0.3, -0.25) is 9.59 Å². The molecule has 0 saturated carbocycles. The van der Waals surface area contributed by atoms with Crippen molar-refractivity contribution >= 4 is 23.3 Å². The van der Waals surface area contributed by atoms with Crippen molar-refractivity contribution in [1.29, 1.82) is 0 Å². The van der Waals surface area contributed by atoms with E-state index in [0.717, 1.165) is 19.4 Å². The second-order valence-electron chi connectivity index (χ2n) is 5.43. The van der Waals surface area contributed by atoms with Crippen molar-refractivity contribution in [2.24, 2.45) is 5.92 Å². The summed E-state index contributed by atoms with van der Waals surface area (Å²) in [5.74, 6) is 0.0418. The molecule has 1 aromatic rings. The van der Waals surface area contributed by atoms with Crippen molar-refractivity contribution < 1.29 is 14.7 Å². The SMILES string of the molecule is O=C(CCC(=O)N1CCCC(CO)C1)c1ccccc1Cl. The number of aliphatic hydroxyl groups is 1. The van der Waals surface area contributed by atoms with Gasteiger partial charge < -0.3 is 10.0 Å². The van der Waals surface area contributed by atoms with E-state index in [1.807, 2.05) is 0 Å². The average Bonchev–Trinajstić information content (AvgIpc) is 2.52. The maximum Gasteiger partial charge on any atom is 0.223 e. The normalized spacial score (nSPS) is 18.6. The highest BCUT2D eigenvalue weighted by molar-refractivity contribution is 6.34. The molecule has 0 radical (unpaired) electrons. The number of ketones is 1. The fraction of sp³-hybridized carbons (Fsp3) is 0.500. The standard InChI is InChI=1S/C16H20ClNO3/c17-14-6-2-1-5-13(14)15(20)7-8-16(21)18-9-3-4-12(10-18)11-19/h1-2,5-6,12,19H,3-4,7-11H2. The molecule has 1 atom stereocenters. The van der Waals surface area contributed by atoms with Crippen LogP contribution in [0.5, 0.6) is 0 Å².